The Labute approximate surface area is 97.7 Å². The molecule has 2 nitrogen and oxygen atoms in total. The Morgan fingerprint density at radius 2 is 2.20 bits per heavy atom. The number of nitrogen functional groups attached to an aromatic ring is 1. The number of hydrogen-bond acceptors (Lipinski definition) is 3. The van der Waals surface area contributed by atoms with Crippen LogP contribution in [-0.2, 0) is 6.54 Å². The fourth-order valence-corrected chi connectivity index (χ4v) is 2.17. The molecule has 0 spiro atoms. The molecule has 3 N–H and O–H groups in total. The summed E-state index contributed by atoms with van der Waals surface area (Å²) >= 11 is 7.75. The van der Waals surface area contributed by atoms with Crippen LogP contribution in [0.2, 0.25) is 5.02 Å². The summed E-state index contributed by atoms with van der Waals surface area (Å²) in [7, 11) is 0. The molecule has 0 atom stereocenters. The fourth-order valence-electron chi connectivity index (χ4n) is 1.27. The van der Waals surface area contributed by atoms with Crippen LogP contribution < -0.4 is 11.1 Å². The lowest BCUT2D eigenvalue weighted by atomic mass is 10.3. The highest BCUT2D eigenvalue weighted by Gasteiger charge is 2.00. The number of thiophene rings is 1. The zero-order valence-electron chi connectivity index (χ0n) is 8.03. The van der Waals surface area contributed by atoms with E-state index >= 15 is 0 Å². The van der Waals surface area contributed by atoms with Crippen LogP contribution in [0.5, 0.6) is 0 Å². The van der Waals surface area contributed by atoms with Gasteiger partial charge in [0.25, 0.3) is 0 Å². The van der Waals surface area contributed by atoms with Crippen LogP contribution in [0, 0.1) is 0 Å². The molecule has 2 rings (SSSR count). The Hall–Kier alpha value is -1.19. The minimum atomic E-state index is 0.659. The van der Waals surface area contributed by atoms with Gasteiger partial charge in [0.05, 0.1) is 10.7 Å². The molecule has 2 aromatic rings. The highest BCUT2D eigenvalue weighted by molar-refractivity contribution is 7.09. The van der Waals surface area contributed by atoms with Gasteiger partial charge in [0.15, 0.2) is 0 Å². The number of nitrogens with one attached hydrogen (secondary N) is 1. The molecule has 78 valence electrons. The van der Waals surface area contributed by atoms with Crippen molar-refractivity contribution in [3.05, 3.63) is 45.6 Å². The van der Waals surface area contributed by atoms with Crippen LogP contribution in [0.25, 0.3) is 0 Å². The Bertz CT molecular complexity index is 440. The molecule has 0 aliphatic carbocycles. The Morgan fingerprint density at radius 1 is 1.33 bits per heavy atom. The predicted molar refractivity (Wildman–Crippen MR) is 67.5 cm³/mol. The van der Waals surface area contributed by atoms with E-state index in [9.17, 15) is 0 Å². The number of benzene rings is 1. The molecule has 0 amide bonds. The Kier molecular flexibility index (Phi) is 3.14. The molecule has 0 bridgehead atoms. The summed E-state index contributed by atoms with van der Waals surface area (Å²) in [6.45, 7) is 0.793. The van der Waals surface area contributed by atoms with Gasteiger partial charge in [0.2, 0.25) is 0 Å². The monoisotopic (exact) mass is 238 g/mol. The first kappa shape index (κ1) is 10.3. The maximum Gasteiger partial charge on any atom is 0.0658 e. The summed E-state index contributed by atoms with van der Waals surface area (Å²) in [5, 5.41) is 5.98. The molecule has 0 saturated heterocycles. The molecule has 0 aliphatic rings. The van der Waals surface area contributed by atoms with Crippen LogP contribution in [-0.4, -0.2) is 0 Å². The van der Waals surface area contributed by atoms with Crippen LogP contribution in [0.4, 0.5) is 11.4 Å². The van der Waals surface area contributed by atoms with Gasteiger partial charge in [-0.15, -0.1) is 11.3 Å². The van der Waals surface area contributed by atoms with Crippen molar-refractivity contribution < 1.29 is 0 Å². The maximum atomic E-state index is 6.03. The third-order valence-corrected chi connectivity index (χ3v) is 3.22. The van der Waals surface area contributed by atoms with Gasteiger partial charge in [-0.2, -0.15) is 0 Å². The second kappa shape index (κ2) is 4.55. The molecule has 0 saturated carbocycles. The van der Waals surface area contributed by atoms with Gasteiger partial charge in [-0.3, -0.25) is 0 Å². The van der Waals surface area contributed by atoms with E-state index in [2.05, 4.69) is 16.8 Å². The molecule has 0 aliphatic heterocycles. The summed E-state index contributed by atoms with van der Waals surface area (Å²) in [5.74, 6) is 0. The van der Waals surface area contributed by atoms with Gasteiger partial charge >= 0.3 is 0 Å². The molecule has 15 heavy (non-hydrogen) atoms. The third-order valence-electron chi connectivity index (χ3n) is 2.03. The van der Waals surface area contributed by atoms with Crippen molar-refractivity contribution in [2.75, 3.05) is 11.1 Å². The number of nitrogens with two attached hydrogens (primary N) is 1. The minimum absolute atomic E-state index is 0.659. The number of hydrogen-bond donors (Lipinski definition) is 2. The summed E-state index contributed by atoms with van der Waals surface area (Å²) in [6, 6.07) is 9.60. The standard InChI is InChI=1S/C11H11ClN2S/c12-10-6-8(13)3-4-11(10)14-7-9-2-1-5-15-9/h1-6,14H,7,13H2. The number of halogens is 1. The Morgan fingerprint density at radius 3 is 2.87 bits per heavy atom. The quantitative estimate of drug-likeness (QED) is 0.802. The molecular formula is C11H11ClN2S. The SMILES string of the molecule is Nc1ccc(NCc2cccs2)c(Cl)c1. The van der Waals surface area contributed by atoms with Crippen LogP contribution in [0.15, 0.2) is 35.7 Å². The second-order valence-electron chi connectivity index (χ2n) is 3.17. The van der Waals surface area contributed by atoms with E-state index in [4.69, 9.17) is 17.3 Å². The van der Waals surface area contributed by atoms with Crippen LogP contribution in [0.1, 0.15) is 4.88 Å². The van der Waals surface area contributed by atoms with Crippen LogP contribution >= 0.6 is 22.9 Å². The van der Waals surface area contributed by atoms with Gasteiger partial charge in [-0.05, 0) is 29.6 Å². The van der Waals surface area contributed by atoms with E-state index in [1.807, 2.05) is 18.2 Å². The molecule has 0 fully saturated rings. The van der Waals surface area contributed by atoms with Crippen molar-refractivity contribution in [3.63, 3.8) is 0 Å². The molecule has 1 aromatic heterocycles. The number of rotatable bonds is 3. The van der Waals surface area contributed by atoms with Gasteiger partial charge in [0.1, 0.15) is 0 Å². The van der Waals surface area contributed by atoms with Gasteiger partial charge in [-0.25, -0.2) is 0 Å². The van der Waals surface area contributed by atoms with Crippen molar-refractivity contribution in [2.45, 2.75) is 6.54 Å². The highest BCUT2D eigenvalue weighted by atomic mass is 35.5. The van der Waals surface area contributed by atoms with Gasteiger partial charge in [0, 0.05) is 17.1 Å². The van der Waals surface area contributed by atoms with Gasteiger partial charge < -0.3 is 11.1 Å². The highest BCUT2D eigenvalue weighted by Crippen LogP contribution is 2.24. The van der Waals surface area contributed by atoms with E-state index in [1.165, 1.54) is 4.88 Å². The molecule has 4 heteroatoms. The third kappa shape index (κ3) is 2.64. The lowest BCUT2D eigenvalue weighted by Crippen LogP contribution is -1.98. The molecule has 1 aromatic carbocycles. The summed E-state index contributed by atoms with van der Waals surface area (Å²) in [4.78, 5) is 1.28. The molecule has 1 heterocycles. The van der Waals surface area contributed by atoms with Crippen molar-refractivity contribution in [3.8, 4) is 0 Å². The lowest BCUT2D eigenvalue weighted by molar-refractivity contribution is 1.19. The topological polar surface area (TPSA) is 38.0 Å². The van der Waals surface area contributed by atoms with Crippen molar-refractivity contribution in [2.24, 2.45) is 0 Å². The van der Waals surface area contributed by atoms with Crippen molar-refractivity contribution >= 4 is 34.3 Å². The summed E-state index contributed by atoms with van der Waals surface area (Å²) in [6.07, 6.45) is 0. The molecule has 0 unspecified atom stereocenters. The molecular weight excluding hydrogens is 228 g/mol. The molecule has 0 radical (unpaired) electrons. The van der Waals surface area contributed by atoms with E-state index in [1.54, 1.807) is 17.4 Å². The maximum absolute atomic E-state index is 6.03. The second-order valence-corrected chi connectivity index (χ2v) is 4.61. The zero-order valence-corrected chi connectivity index (χ0v) is 9.61. The van der Waals surface area contributed by atoms with Gasteiger partial charge in [-0.1, -0.05) is 17.7 Å². The number of anilines is 2. The van der Waals surface area contributed by atoms with Crippen molar-refractivity contribution in [1.82, 2.24) is 0 Å². The van der Waals surface area contributed by atoms with Crippen molar-refractivity contribution in [1.29, 1.82) is 0 Å². The first-order valence-corrected chi connectivity index (χ1v) is 5.83. The largest absolute Gasteiger partial charge is 0.399 e. The average Bonchev–Trinajstić information content (AvgIpc) is 2.69. The zero-order chi connectivity index (χ0) is 10.7. The first-order valence-electron chi connectivity index (χ1n) is 4.57. The average molecular weight is 239 g/mol. The van der Waals surface area contributed by atoms with E-state index in [0.717, 1.165) is 12.2 Å². The summed E-state index contributed by atoms with van der Waals surface area (Å²) in [5.41, 5.74) is 7.21. The van der Waals surface area contributed by atoms with E-state index in [0.29, 0.717) is 10.7 Å². The predicted octanol–water partition coefficient (Wildman–Crippen LogP) is 3.60. The summed E-state index contributed by atoms with van der Waals surface area (Å²) < 4.78 is 0. The smallest absolute Gasteiger partial charge is 0.0658 e. The van der Waals surface area contributed by atoms with E-state index in [-0.39, 0.29) is 0 Å². The first-order chi connectivity index (χ1) is 7.25. The normalized spacial score (nSPS) is 10.2. The van der Waals surface area contributed by atoms with Crippen LogP contribution in [0.3, 0.4) is 0 Å². The Balaban J connectivity index is 2.05. The van der Waals surface area contributed by atoms with E-state index < -0.39 is 0 Å². The fraction of sp³-hybridized carbons (Fsp3) is 0.0909. The minimum Gasteiger partial charge on any atom is -0.399 e. The lowest BCUT2D eigenvalue weighted by Gasteiger charge is -2.07.